The SMILES string of the molecule is [2H]c1c([2H])c([2H])c(N(c2ccccc2)c2ccc3c(c2)C2(c4ccccc4-3)c3ccccc3-c3ccc(N(c4ccccc4-c4ccccc4)c4cccc5ccccc45)cc32)c([2H])c1[2H]. The van der Waals surface area contributed by atoms with Gasteiger partial charge in [0.2, 0.25) is 0 Å². The molecule has 1 atom stereocenters. The molecule has 2 aliphatic rings. The van der Waals surface area contributed by atoms with Gasteiger partial charge in [0, 0.05) is 33.7 Å². The number of benzene rings is 10. The maximum Gasteiger partial charge on any atom is 0.0727 e. The van der Waals surface area contributed by atoms with Gasteiger partial charge < -0.3 is 9.80 Å². The monoisotopic (exact) mass is 781 g/mol. The Kier molecular flexibility index (Phi) is 6.98. The van der Waals surface area contributed by atoms with E-state index in [0.717, 1.165) is 83.5 Å². The van der Waals surface area contributed by atoms with Gasteiger partial charge in [-0.25, -0.2) is 0 Å². The Hall–Kier alpha value is -7.94. The van der Waals surface area contributed by atoms with Crippen LogP contribution in [-0.4, -0.2) is 0 Å². The van der Waals surface area contributed by atoms with Crippen molar-refractivity contribution in [1.29, 1.82) is 0 Å². The van der Waals surface area contributed by atoms with Crippen LogP contribution >= 0.6 is 0 Å². The second kappa shape index (κ2) is 14.1. The quantitative estimate of drug-likeness (QED) is 0.159. The Morgan fingerprint density at radius 1 is 0.328 bits per heavy atom. The van der Waals surface area contributed by atoms with E-state index in [-0.39, 0.29) is 29.9 Å². The van der Waals surface area contributed by atoms with E-state index in [4.69, 9.17) is 4.11 Å². The van der Waals surface area contributed by atoms with Crippen molar-refractivity contribution in [2.75, 3.05) is 9.80 Å². The third-order valence-electron chi connectivity index (χ3n) is 12.5. The predicted octanol–water partition coefficient (Wildman–Crippen LogP) is 15.8. The van der Waals surface area contributed by atoms with Crippen molar-refractivity contribution >= 4 is 44.9 Å². The average Bonchev–Trinajstić information content (AvgIpc) is 3.84. The molecule has 0 heterocycles. The summed E-state index contributed by atoms with van der Waals surface area (Å²) in [5.74, 6) is 0. The van der Waals surface area contributed by atoms with E-state index in [2.05, 4.69) is 181 Å². The van der Waals surface area contributed by atoms with Crippen molar-refractivity contribution in [3.63, 3.8) is 0 Å². The number of anilines is 6. The number of nitrogens with zero attached hydrogens (tertiary/aromatic N) is 2. The van der Waals surface area contributed by atoms with Crippen molar-refractivity contribution < 1.29 is 6.85 Å². The molecule has 12 rings (SSSR count). The lowest BCUT2D eigenvalue weighted by molar-refractivity contribution is 0.793. The van der Waals surface area contributed by atoms with E-state index in [9.17, 15) is 2.74 Å². The molecule has 10 aromatic rings. The summed E-state index contributed by atoms with van der Waals surface area (Å²) >= 11 is 0. The summed E-state index contributed by atoms with van der Waals surface area (Å²) in [4.78, 5) is 4.23. The van der Waals surface area contributed by atoms with Gasteiger partial charge >= 0.3 is 0 Å². The highest BCUT2D eigenvalue weighted by molar-refractivity contribution is 6.03. The minimum atomic E-state index is -0.782. The van der Waals surface area contributed by atoms with Crippen molar-refractivity contribution in [3.05, 3.63) is 265 Å². The highest BCUT2D eigenvalue weighted by Crippen LogP contribution is 2.64. The molecule has 0 saturated heterocycles. The fraction of sp³-hybridized carbons (Fsp3) is 0.0169. The molecule has 1 unspecified atom stereocenters. The highest BCUT2D eigenvalue weighted by atomic mass is 15.2. The minimum Gasteiger partial charge on any atom is -0.310 e. The molecule has 0 saturated carbocycles. The van der Waals surface area contributed by atoms with Crippen LogP contribution in [0.2, 0.25) is 0 Å². The first-order valence-electron chi connectivity index (χ1n) is 23.2. The van der Waals surface area contributed by atoms with Gasteiger partial charge in [-0.05, 0) is 116 Å². The molecule has 61 heavy (non-hydrogen) atoms. The zero-order valence-electron chi connectivity index (χ0n) is 38.1. The smallest absolute Gasteiger partial charge is 0.0727 e. The first kappa shape index (κ1) is 30.2. The predicted molar refractivity (Wildman–Crippen MR) is 255 cm³/mol. The van der Waals surface area contributed by atoms with Crippen LogP contribution in [0.4, 0.5) is 34.1 Å². The van der Waals surface area contributed by atoms with Crippen molar-refractivity contribution in [1.82, 2.24) is 0 Å². The summed E-state index contributed by atoms with van der Waals surface area (Å²) in [5, 5.41) is 2.28. The molecular formula is C59H40N2. The summed E-state index contributed by atoms with van der Waals surface area (Å²) in [6.45, 7) is 0. The number of fused-ring (bicyclic) bond motifs is 11. The molecule has 0 aromatic heterocycles. The topological polar surface area (TPSA) is 6.48 Å². The standard InChI is InChI=1S/C59H40N2/c1-4-19-41(20-5-1)47-28-14-17-33-57(47)61(58-34-18-22-42-21-10-11-27-48(42)58)46-36-38-52-50-30-13-16-32-54(50)59(56(52)40-46)53-31-15-12-29-49(53)51-37-35-45(39-55(51)59)60(43-23-6-2-7-24-43)44-25-8-3-9-26-44/h1-40H/i2D,6D,7D,23D,24D. The Morgan fingerprint density at radius 2 is 0.836 bits per heavy atom. The largest absolute Gasteiger partial charge is 0.310 e. The number of rotatable bonds is 7. The van der Waals surface area contributed by atoms with Crippen LogP contribution in [0.1, 0.15) is 29.1 Å². The third kappa shape index (κ3) is 5.36. The molecule has 0 N–H and O–H groups in total. The fourth-order valence-corrected chi connectivity index (χ4v) is 10.1. The van der Waals surface area contributed by atoms with Crippen LogP contribution in [0.15, 0.2) is 243 Å². The molecule has 0 bridgehead atoms. The number of hydrogen-bond donors (Lipinski definition) is 0. The maximum atomic E-state index is 9.18. The first-order chi connectivity index (χ1) is 32.4. The van der Waals surface area contributed by atoms with Gasteiger partial charge in [-0.1, -0.05) is 182 Å². The van der Waals surface area contributed by atoms with Gasteiger partial charge in [-0.15, -0.1) is 0 Å². The zero-order chi connectivity index (χ0) is 44.7. The van der Waals surface area contributed by atoms with E-state index in [1.54, 1.807) is 0 Å². The molecule has 1 spiro atoms. The lowest BCUT2D eigenvalue weighted by atomic mass is 9.70. The summed E-state index contributed by atoms with van der Waals surface area (Å²) in [5.41, 5.74) is 15.0. The van der Waals surface area contributed by atoms with Gasteiger partial charge in [0.15, 0.2) is 0 Å². The van der Waals surface area contributed by atoms with Crippen LogP contribution in [0.25, 0.3) is 44.2 Å². The lowest BCUT2D eigenvalue weighted by Crippen LogP contribution is -2.26. The minimum absolute atomic E-state index is 0.0917. The van der Waals surface area contributed by atoms with Gasteiger partial charge in [-0.2, -0.15) is 0 Å². The van der Waals surface area contributed by atoms with Crippen LogP contribution in [-0.2, 0) is 5.41 Å². The molecule has 0 aliphatic heterocycles. The average molecular weight is 782 g/mol. The summed E-state index contributed by atoms with van der Waals surface area (Å²) < 4.78 is 44.2. The van der Waals surface area contributed by atoms with Crippen molar-refractivity contribution in [2.24, 2.45) is 0 Å². The van der Waals surface area contributed by atoms with E-state index in [1.165, 1.54) is 0 Å². The zero-order valence-corrected chi connectivity index (χ0v) is 33.1. The van der Waals surface area contributed by atoms with Crippen LogP contribution in [0.3, 0.4) is 0 Å². The van der Waals surface area contributed by atoms with E-state index >= 15 is 0 Å². The molecule has 0 amide bonds. The Bertz CT molecular complexity index is 3530. The Labute approximate surface area is 363 Å². The molecule has 0 fully saturated rings. The normalized spacial score (nSPS) is 15.4. The second-order valence-corrected chi connectivity index (χ2v) is 15.7. The Morgan fingerprint density at radius 3 is 1.52 bits per heavy atom. The molecule has 0 radical (unpaired) electrons. The van der Waals surface area contributed by atoms with Crippen LogP contribution in [0.5, 0.6) is 0 Å². The van der Waals surface area contributed by atoms with Gasteiger partial charge in [0.1, 0.15) is 0 Å². The van der Waals surface area contributed by atoms with Gasteiger partial charge in [0.25, 0.3) is 0 Å². The molecule has 2 heteroatoms. The second-order valence-electron chi connectivity index (χ2n) is 15.7. The number of para-hydroxylation sites is 3. The Balaban J connectivity index is 1.15. The van der Waals surface area contributed by atoms with E-state index < -0.39 is 11.5 Å². The summed E-state index contributed by atoms with van der Waals surface area (Å²) in [7, 11) is 0. The van der Waals surface area contributed by atoms with Crippen molar-refractivity contribution in [2.45, 2.75) is 5.41 Å². The van der Waals surface area contributed by atoms with Crippen LogP contribution in [0, 0.1) is 0 Å². The fourth-order valence-electron chi connectivity index (χ4n) is 10.1. The molecule has 10 aromatic carbocycles. The maximum absolute atomic E-state index is 9.18. The van der Waals surface area contributed by atoms with E-state index in [1.807, 2.05) is 41.3 Å². The summed E-state index contributed by atoms with van der Waals surface area (Å²) in [6, 6.07) is 72.8. The lowest BCUT2D eigenvalue weighted by Gasteiger charge is -2.34. The van der Waals surface area contributed by atoms with Gasteiger partial charge in [0.05, 0.1) is 23.6 Å². The first-order valence-corrected chi connectivity index (χ1v) is 20.7. The number of hydrogen-bond acceptors (Lipinski definition) is 2. The van der Waals surface area contributed by atoms with E-state index in [0.29, 0.717) is 11.4 Å². The van der Waals surface area contributed by atoms with Gasteiger partial charge in [-0.3, -0.25) is 0 Å². The van der Waals surface area contributed by atoms with Crippen LogP contribution < -0.4 is 9.80 Å². The highest BCUT2D eigenvalue weighted by Gasteiger charge is 2.52. The summed E-state index contributed by atoms with van der Waals surface area (Å²) in [6.07, 6.45) is 0. The molecular weight excluding hydrogens is 737 g/mol. The molecule has 2 nitrogen and oxygen atoms in total. The molecule has 286 valence electrons. The third-order valence-corrected chi connectivity index (χ3v) is 12.5. The van der Waals surface area contributed by atoms with Crippen molar-refractivity contribution in [3.8, 4) is 33.4 Å². The molecule has 2 aliphatic carbocycles.